The lowest BCUT2D eigenvalue weighted by Gasteiger charge is -2.07. The minimum absolute atomic E-state index is 0.0372. The van der Waals surface area contributed by atoms with E-state index in [0.717, 1.165) is 31.6 Å². The summed E-state index contributed by atoms with van der Waals surface area (Å²) < 4.78 is 2.33. The highest BCUT2D eigenvalue weighted by Crippen LogP contribution is 2.46. The number of aromatic amines is 1. The topological polar surface area (TPSA) is 76.5 Å². The molecule has 5 rings (SSSR count). The van der Waals surface area contributed by atoms with E-state index in [-0.39, 0.29) is 5.56 Å². The van der Waals surface area contributed by atoms with Gasteiger partial charge in [0.25, 0.3) is 5.56 Å². The summed E-state index contributed by atoms with van der Waals surface area (Å²) in [6.45, 7) is 4.02. The standard InChI is InChI=1S/C17H19N5OS2/c1-8-9(2)25-16-13(8)15(23)18-12(19-16)7-24-17-21-20-14(10-3-4-10)22(17)11-5-6-11/h10-11H,3-7H2,1-2H3,(H,18,19,23). The highest BCUT2D eigenvalue weighted by Gasteiger charge is 2.36. The number of rotatable bonds is 5. The van der Waals surface area contributed by atoms with Crippen LogP contribution in [0.25, 0.3) is 10.2 Å². The first kappa shape index (κ1) is 15.6. The molecule has 0 aliphatic heterocycles. The molecular formula is C17H19N5OS2. The molecule has 0 saturated heterocycles. The molecule has 8 heteroatoms. The van der Waals surface area contributed by atoms with Crippen molar-refractivity contribution in [1.29, 1.82) is 0 Å². The zero-order valence-electron chi connectivity index (χ0n) is 14.2. The van der Waals surface area contributed by atoms with Gasteiger partial charge in [-0.05, 0) is 45.1 Å². The Hall–Kier alpha value is -1.67. The first-order chi connectivity index (χ1) is 12.1. The Bertz CT molecular complexity index is 1030. The van der Waals surface area contributed by atoms with E-state index < -0.39 is 0 Å². The number of nitrogens with one attached hydrogen (secondary N) is 1. The summed E-state index contributed by atoms with van der Waals surface area (Å²) in [5.74, 6) is 3.08. The van der Waals surface area contributed by atoms with Gasteiger partial charge in [0.15, 0.2) is 5.16 Å². The minimum Gasteiger partial charge on any atom is -0.309 e. The molecule has 0 unspecified atom stereocenters. The van der Waals surface area contributed by atoms with Crippen LogP contribution in [0, 0.1) is 13.8 Å². The van der Waals surface area contributed by atoms with E-state index in [1.165, 1.54) is 25.7 Å². The van der Waals surface area contributed by atoms with Crippen molar-refractivity contribution in [3.63, 3.8) is 0 Å². The van der Waals surface area contributed by atoms with Crippen LogP contribution in [0.2, 0.25) is 0 Å². The summed E-state index contributed by atoms with van der Waals surface area (Å²) >= 11 is 3.21. The van der Waals surface area contributed by atoms with E-state index in [1.807, 2.05) is 13.8 Å². The average molecular weight is 374 g/mol. The van der Waals surface area contributed by atoms with E-state index in [0.29, 0.717) is 23.5 Å². The monoisotopic (exact) mass is 373 g/mol. The van der Waals surface area contributed by atoms with Gasteiger partial charge in [-0.15, -0.1) is 21.5 Å². The third-order valence-corrected chi connectivity index (χ3v) is 7.03. The van der Waals surface area contributed by atoms with Crippen molar-refractivity contribution < 1.29 is 0 Å². The van der Waals surface area contributed by atoms with Crippen molar-refractivity contribution in [2.24, 2.45) is 0 Å². The van der Waals surface area contributed by atoms with Crippen molar-refractivity contribution in [3.05, 3.63) is 32.4 Å². The summed E-state index contributed by atoms with van der Waals surface area (Å²) in [6.07, 6.45) is 4.91. The number of thiophene rings is 1. The summed E-state index contributed by atoms with van der Waals surface area (Å²) in [4.78, 5) is 22.0. The highest BCUT2D eigenvalue weighted by atomic mass is 32.2. The second-order valence-corrected chi connectivity index (χ2v) is 9.13. The Kier molecular flexibility index (Phi) is 3.53. The summed E-state index contributed by atoms with van der Waals surface area (Å²) in [5, 5.41) is 10.5. The molecule has 3 heterocycles. The van der Waals surface area contributed by atoms with Gasteiger partial charge in [-0.3, -0.25) is 4.79 Å². The maximum Gasteiger partial charge on any atom is 0.259 e. The molecule has 25 heavy (non-hydrogen) atoms. The van der Waals surface area contributed by atoms with Crippen LogP contribution in [-0.2, 0) is 5.75 Å². The van der Waals surface area contributed by atoms with E-state index in [1.54, 1.807) is 23.1 Å². The zero-order valence-corrected chi connectivity index (χ0v) is 15.8. The van der Waals surface area contributed by atoms with Crippen molar-refractivity contribution in [3.8, 4) is 0 Å². The number of fused-ring (bicyclic) bond motifs is 1. The van der Waals surface area contributed by atoms with E-state index in [9.17, 15) is 4.79 Å². The molecule has 0 spiro atoms. The quantitative estimate of drug-likeness (QED) is 0.690. The predicted molar refractivity (Wildman–Crippen MR) is 99.5 cm³/mol. The van der Waals surface area contributed by atoms with Crippen LogP contribution in [-0.4, -0.2) is 24.7 Å². The molecule has 2 fully saturated rings. The van der Waals surface area contributed by atoms with Crippen LogP contribution in [0.5, 0.6) is 0 Å². The van der Waals surface area contributed by atoms with Crippen LogP contribution < -0.4 is 5.56 Å². The molecule has 0 aromatic carbocycles. The number of nitrogens with zero attached hydrogens (tertiary/aromatic N) is 4. The van der Waals surface area contributed by atoms with Gasteiger partial charge >= 0.3 is 0 Å². The largest absolute Gasteiger partial charge is 0.309 e. The minimum atomic E-state index is -0.0372. The molecule has 3 aromatic heterocycles. The predicted octanol–water partition coefficient (Wildman–Crippen LogP) is 3.70. The van der Waals surface area contributed by atoms with Gasteiger partial charge in [-0.1, -0.05) is 11.8 Å². The lowest BCUT2D eigenvalue weighted by molar-refractivity contribution is 0.626. The lowest BCUT2D eigenvalue weighted by Crippen LogP contribution is -2.11. The van der Waals surface area contributed by atoms with Gasteiger partial charge in [0, 0.05) is 16.8 Å². The molecule has 2 aliphatic carbocycles. The van der Waals surface area contributed by atoms with Gasteiger partial charge in [-0.25, -0.2) is 4.98 Å². The second-order valence-electron chi connectivity index (χ2n) is 6.98. The molecule has 2 aliphatic rings. The number of aryl methyl sites for hydroxylation is 2. The summed E-state index contributed by atoms with van der Waals surface area (Å²) in [6, 6.07) is 0.574. The second kappa shape index (κ2) is 5.67. The molecule has 0 atom stereocenters. The fourth-order valence-corrected chi connectivity index (χ4v) is 5.11. The number of aromatic nitrogens is 5. The van der Waals surface area contributed by atoms with Crippen molar-refractivity contribution in [2.75, 3.05) is 0 Å². The maximum atomic E-state index is 12.4. The average Bonchev–Trinajstić information content (AvgIpc) is 3.50. The Morgan fingerprint density at radius 1 is 1.24 bits per heavy atom. The van der Waals surface area contributed by atoms with E-state index in [2.05, 4.69) is 24.7 Å². The molecule has 2 saturated carbocycles. The highest BCUT2D eigenvalue weighted by molar-refractivity contribution is 7.98. The van der Waals surface area contributed by atoms with Crippen LogP contribution in [0.15, 0.2) is 9.95 Å². The first-order valence-corrected chi connectivity index (χ1v) is 10.5. The molecule has 0 radical (unpaired) electrons. The fourth-order valence-electron chi connectivity index (χ4n) is 3.18. The first-order valence-electron chi connectivity index (χ1n) is 8.68. The number of H-pyrrole nitrogens is 1. The van der Waals surface area contributed by atoms with Crippen LogP contribution >= 0.6 is 23.1 Å². The number of hydrogen-bond donors (Lipinski definition) is 1. The molecule has 3 aromatic rings. The smallest absolute Gasteiger partial charge is 0.259 e. The van der Waals surface area contributed by atoms with Gasteiger partial charge in [0.05, 0.1) is 11.1 Å². The van der Waals surface area contributed by atoms with Gasteiger partial charge in [0.2, 0.25) is 0 Å². The van der Waals surface area contributed by atoms with E-state index >= 15 is 0 Å². The molecule has 0 bridgehead atoms. The third kappa shape index (κ3) is 2.71. The van der Waals surface area contributed by atoms with Crippen LogP contribution in [0.4, 0.5) is 0 Å². The van der Waals surface area contributed by atoms with Crippen LogP contribution in [0.1, 0.15) is 59.7 Å². The molecule has 130 valence electrons. The SMILES string of the molecule is Cc1sc2nc(CSc3nnc(C4CC4)n3C3CC3)[nH]c(=O)c2c1C. The van der Waals surface area contributed by atoms with Crippen molar-refractivity contribution >= 4 is 33.3 Å². The molecule has 6 nitrogen and oxygen atoms in total. The van der Waals surface area contributed by atoms with Gasteiger partial charge in [-0.2, -0.15) is 0 Å². The number of thioether (sulfide) groups is 1. The third-order valence-electron chi connectivity index (χ3n) is 4.97. The Labute approximate surface area is 153 Å². The summed E-state index contributed by atoms with van der Waals surface area (Å²) in [5.41, 5.74) is 1.00. The Morgan fingerprint density at radius 3 is 2.76 bits per heavy atom. The number of hydrogen-bond acceptors (Lipinski definition) is 6. The van der Waals surface area contributed by atoms with E-state index in [4.69, 9.17) is 0 Å². The maximum absolute atomic E-state index is 12.4. The normalized spacial score (nSPS) is 17.5. The van der Waals surface area contributed by atoms with Gasteiger partial charge in [0.1, 0.15) is 16.5 Å². The summed E-state index contributed by atoms with van der Waals surface area (Å²) in [7, 11) is 0. The Morgan fingerprint density at radius 2 is 2.04 bits per heavy atom. The van der Waals surface area contributed by atoms with Crippen molar-refractivity contribution in [1.82, 2.24) is 24.7 Å². The molecule has 1 N–H and O–H groups in total. The zero-order chi connectivity index (χ0) is 17.1. The molecular weight excluding hydrogens is 354 g/mol. The Balaban J connectivity index is 1.43. The van der Waals surface area contributed by atoms with Crippen molar-refractivity contribution in [2.45, 2.75) is 62.4 Å². The fraction of sp³-hybridized carbons (Fsp3) is 0.529. The van der Waals surface area contributed by atoms with Gasteiger partial charge < -0.3 is 9.55 Å². The lowest BCUT2D eigenvalue weighted by atomic mass is 10.2. The van der Waals surface area contributed by atoms with Crippen LogP contribution in [0.3, 0.4) is 0 Å². The molecule has 0 amide bonds.